The van der Waals surface area contributed by atoms with Crippen molar-refractivity contribution >= 4 is 23.0 Å². The topological polar surface area (TPSA) is 49.5 Å². The fraction of sp³-hybridized carbons (Fsp3) is 0.250. The van der Waals surface area contributed by atoms with E-state index in [9.17, 15) is 5.21 Å². The molecule has 1 rings (SSSR count). The van der Waals surface area contributed by atoms with Crippen LogP contribution in [-0.4, -0.2) is 11.8 Å². The van der Waals surface area contributed by atoms with E-state index in [-0.39, 0.29) is 0 Å². The van der Waals surface area contributed by atoms with Crippen LogP contribution >= 0.6 is 11.6 Å². The smallest absolute Gasteiger partial charge is 0.0821 e. The summed E-state index contributed by atoms with van der Waals surface area (Å²) < 4.78 is 0. The molecule has 1 aromatic carbocycles. The summed E-state index contributed by atoms with van der Waals surface area (Å²) in [5.41, 5.74) is 6.65. The van der Waals surface area contributed by atoms with E-state index in [1.165, 1.54) is 0 Å². The number of nitrogens with zero attached hydrogens (tertiary/aromatic N) is 1. The maximum Gasteiger partial charge on any atom is 0.0821 e. The molecule has 0 spiro atoms. The van der Waals surface area contributed by atoms with E-state index < -0.39 is 0 Å². The first-order chi connectivity index (χ1) is 5.65. The van der Waals surface area contributed by atoms with Crippen molar-refractivity contribution < 1.29 is 5.21 Å². The van der Waals surface area contributed by atoms with Gasteiger partial charge in [0.25, 0.3) is 0 Å². The number of rotatable bonds is 2. The molecular weight excluding hydrogens is 176 g/mol. The van der Waals surface area contributed by atoms with E-state index in [1.54, 1.807) is 18.2 Å². The van der Waals surface area contributed by atoms with E-state index in [0.717, 1.165) is 5.06 Å². The van der Waals surface area contributed by atoms with Gasteiger partial charge in [-0.05, 0) is 25.1 Å². The van der Waals surface area contributed by atoms with Crippen LogP contribution in [-0.2, 0) is 0 Å². The van der Waals surface area contributed by atoms with Gasteiger partial charge in [-0.3, -0.25) is 10.3 Å². The van der Waals surface area contributed by atoms with Crippen molar-refractivity contribution in [3.8, 4) is 0 Å². The molecule has 0 saturated heterocycles. The van der Waals surface area contributed by atoms with Gasteiger partial charge in [0.2, 0.25) is 0 Å². The van der Waals surface area contributed by atoms with Crippen LogP contribution in [0.15, 0.2) is 18.2 Å². The lowest BCUT2D eigenvalue weighted by atomic mass is 10.3. The van der Waals surface area contributed by atoms with Crippen molar-refractivity contribution in [2.45, 2.75) is 6.92 Å². The summed E-state index contributed by atoms with van der Waals surface area (Å²) in [5, 5.41) is 10.8. The SMILES string of the molecule is CCN(O)c1ccc(N)cc1Cl. The predicted octanol–water partition coefficient (Wildman–Crippen LogP) is 2.14. The highest BCUT2D eigenvalue weighted by Crippen LogP contribution is 2.26. The van der Waals surface area contributed by atoms with E-state index in [4.69, 9.17) is 17.3 Å². The van der Waals surface area contributed by atoms with E-state index in [0.29, 0.717) is 22.9 Å². The molecule has 0 unspecified atom stereocenters. The Morgan fingerprint density at radius 1 is 1.58 bits per heavy atom. The van der Waals surface area contributed by atoms with Gasteiger partial charge in [0.1, 0.15) is 0 Å². The third-order valence-corrected chi connectivity index (χ3v) is 1.85. The molecule has 0 aliphatic rings. The van der Waals surface area contributed by atoms with Crippen LogP contribution < -0.4 is 10.8 Å². The molecule has 0 radical (unpaired) electrons. The minimum atomic E-state index is 0.458. The van der Waals surface area contributed by atoms with Crippen molar-refractivity contribution in [1.29, 1.82) is 0 Å². The molecule has 0 saturated carbocycles. The number of anilines is 2. The number of nitrogens with two attached hydrogens (primary N) is 1. The Bertz CT molecular complexity index is 278. The molecule has 4 heteroatoms. The third-order valence-electron chi connectivity index (χ3n) is 1.55. The second kappa shape index (κ2) is 3.65. The highest BCUT2D eigenvalue weighted by Gasteiger charge is 2.04. The summed E-state index contributed by atoms with van der Waals surface area (Å²) in [4.78, 5) is 0. The first kappa shape index (κ1) is 9.16. The number of benzene rings is 1. The third kappa shape index (κ3) is 1.81. The fourth-order valence-electron chi connectivity index (χ4n) is 0.903. The molecule has 0 atom stereocenters. The summed E-state index contributed by atoms with van der Waals surface area (Å²) in [6.45, 7) is 2.32. The Kier molecular flexibility index (Phi) is 2.78. The Morgan fingerprint density at radius 2 is 2.25 bits per heavy atom. The zero-order chi connectivity index (χ0) is 9.14. The average molecular weight is 187 g/mol. The van der Waals surface area contributed by atoms with Crippen LogP contribution in [0.2, 0.25) is 5.02 Å². The number of halogens is 1. The molecule has 0 bridgehead atoms. The van der Waals surface area contributed by atoms with Gasteiger partial charge in [-0.15, -0.1) is 0 Å². The maximum absolute atomic E-state index is 9.31. The standard InChI is InChI=1S/C8H11ClN2O/c1-2-11(12)8-4-3-6(10)5-7(8)9/h3-5,12H,2,10H2,1H3. The van der Waals surface area contributed by atoms with Crippen molar-refractivity contribution in [3.63, 3.8) is 0 Å². The van der Waals surface area contributed by atoms with Crippen molar-refractivity contribution in [2.75, 3.05) is 17.3 Å². The van der Waals surface area contributed by atoms with Gasteiger partial charge in [-0.1, -0.05) is 11.6 Å². The van der Waals surface area contributed by atoms with Crippen LogP contribution in [0.25, 0.3) is 0 Å². The largest absolute Gasteiger partial charge is 0.399 e. The summed E-state index contributed by atoms with van der Waals surface area (Å²) in [5.74, 6) is 0. The predicted molar refractivity (Wildman–Crippen MR) is 50.7 cm³/mol. The maximum atomic E-state index is 9.31. The molecule has 0 aliphatic heterocycles. The van der Waals surface area contributed by atoms with E-state index in [1.807, 2.05) is 6.92 Å². The lowest BCUT2D eigenvalue weighted by Gasteiger charge is -2.15. The van der Waals surface area contributed by atoms with Crippen molar-refractivity contribution in [1.82, 2.24) is 0 Å². The number of hydrogen-bond donors (Lipinski definition) is 2. The number of hydrogen-bond acceptors (Lipinski definition) is 3. The summed E-state index contributed by atoms with van der Waals surface area (Å²) in [6, 6.07) is 4.98. The van der Waals surface area contributed by atoms with Crippen LogP contribution in [0.1, 0.15) is 6.92 Å². The molecule has 0 fully saturated rings. The van der Waals surface area contributed by atoms with Crippen LogP contribution in [0, 0.1) is 0 Å². The average Bonchev–Trinajstić information content (AvgIpc) is 2.03. The molecule has 0 heterocycles. The quantitative estimate of drug-likeness (QED) is 0.550. The summed E-state index contributed by atoms with van der Waals surface area (Å²) in [6.07, 6.45) is 0. The molecule has 66 valence electrons. The zero-order valence-corrected chi connectivity index (χ0v) is 7.54. The van der Waals surface area contributed by atoms with E-state index in [2.05, 4.69) is 0 Å². The fourth-order valence-corrected chi connectivity index (χ4v) is 1.19. The van der Waals surface area contributed by atoms with Gasteiger partial charge in [0.05, 0.1) is 10.7 Å². The molecule has 0 amide bonds. The van der Waals surface area contributed by atoms with Crippen LogP contribution in [0.4, 0.5) is 11.4 Å². The lowest BCUT2D eigenvalue weighted by molar-refractivity contribution is 0.260. The van der Waals surface area contributed by atoms with Gasteiger partial charge in [0, 0.05) is 12.2 Å². The minimum absolute atomic E-state index is 0.458. The minimum Gasteiger partial charge on any atom is -0.399 e. The highest BCUT2D eigenvalue weighted by atomic mass is 35.5. The second-order valence-electron chi connectivity index (χ2n) is 2.43. The lowest BCUT2D eigenvalue weighted by Crippen LogP contribution is -2.17. The molecule has 3 nitrogen and oxygen atoms in total. The van der Waals surface area contributed by atoms with E-state index >= 15 is 0 Å². The molecule has 0 aromatic heterocycles. The number of nitrogen functional groups attached to an aromatic ring is 1. The summed E-state index contributed by atoms with van der Waals surface area (Å²) in [7, 11) is 0. The normalized spacial score (nSPS) is 9.92. The Morgan fingerprint density at radius 3 is 2.75 bits per heavy atom. The van der Waals surface area contributed by atoms with Crippen LogP contribution in [0.3, 0.4) is 0 Å². The van der Waals surface area contributed by atoms with Gasteiger partial charge in [0.15, 0.2) is 0 Å². The molecule has 3 N–H and O–H groups in total. The molecule has 1 aromatic rings. The molecular formula is C8H11ClN2O. The number of hydroxylamine groups is 1. The van der Waals surface area contributed by atoms with Gasteiger partial charge in [-0.25, -0.2) is 0 Å². The first-order valence-electron chi connectivity index (χ1n) is 3.66. The van der Waals surface area contributed by atoms with Gasteiger partial charge in [-0.2, -0.15) is 0 Å². The van der Waals surface area contributed by atoms with Crippen molar-refractivity contribution in [3.05, 3.63) is 23.2 Å². The second-order valence-corrected chi connectivity index (χ2v) is 2.83. The Labute approximate surface area is 76.3 Å². The summed E-state index contributed by atoms with van der Waals surface area (Å²) >= 11 is 5.82. The molecule has 0 aliphatic carbocycles. The van der Waals surface area contributed by atoms with Crippen molar-refractivity contribution in [2.24, 2.45) is 0 Å². The van der Waals surface area contributed by atoms with Gasteiger partial charge < -0.3 is 5.73 Å². The highest BCUT2D eigenvalue weighted by molar-refractivity contribution is 6.33. The van der Waals surface area contributed by atoms with Crippen LogP contribution in [0.5, 0.6) is 0 Å². The Hall–Kier alpha value is -0.930. The molecule has 12 heavy (non-hydrogen) atoms. The Balaban J connectivity index is 3.01. The van der Waals surface area contributed by atoms with Gasteiger partial charge >= 0.3 is 0 Å². The first-order valence-corrected chi connectivity index (χ1v) is 4.04. The zero-order valence-electron chi connectivity index (χ0n) is 6.79. The monoisotopic (exact) mass is 186 g/mol.